The molecule has 0 aliphatic carbocycles. The molecule has 1 aliphatic heterocycles. The molecule has 0 aromatic carbocycles. The summed E-state index contributed by atoms with van der Waals surface area (Å²) in [6.07, 6.45) is 6.12. The summed E-state index contributed by atoms with van der Waals surface area (Å²) in [4.78, 5) is 4.34. The predicted octanol–water partition coefficient (Wildman–Crippen LogP) is 2.95. The van der Waals surface area contributed by atoms with Crippen LogP contribution in [-0.2, 0) is 4.74 Å². The maximum Gasteiger partial charge on any atom is 0.138 e. The number of pyridine rings is 1. The Labute approximate surface area is 121 Å². The highest BCUT2D eigenvalue weighted by Gasteiger charge is 2.25. The van der Waals surface area contributed by atoms with Gasteiger partial charge in [-0.15, -0.1) is 0 Å². The fourth-order valence-electron chi connectivity index (χ4n) is 2.77. The van der Waals surface area contributed by atoms with Gasteiger partial charge in [0.25, 0.3) is 0 Å². The van der Waals surface area contributed by atoms with Crippen LogP contribution in [0.15, 0.2) is 18.5 Å². The molecule has 1 unspecified atom stereocenters. The topological polar surface area (TPSA) is 43.4 Å². The van der Waals surface area contributed by atoms with Gasteiger partial charge in [-0.2, -0.15) is 0 Å². The molecule has 0 radical (unpaired) electrons. The molecule has 1 aromatic rings. The molecule has 2 rings (SSSR count). The van der Waals surface area contributed by atoms with Crippen LogP contribution in [-0.4, -0.2) is 30.8 Å². The zero-order valence-electron chi connectivity index (χ0n) is 12.8. The van der Waals surface area contributed by atoms with Crippen molar-refractivity contribution in [3.05, 3.63) is 24.0 Å². The van der Waals surface area contributed by atoms with Gasteiger partial charge in [0, 0.05) is 25.5 Å². The second-order valence-corrected chi connectivity index (χ2v) is 5.61. The summed E-state index contributed by atoms with van der Waals surface area (Å²) in [5.41, 5.74) is 1.22. The minimum Gasteiger partial charge on any atom is -0.489 e. The summed E-state index contributed by atoms with van der Waals surface area (Å²) in [7, 11) is 0. The zero-order chi connectivity index (χ0) is 14.4. The van der Waals surface area contributed by atoms with Crippen molar-refractivity contribution in [2.45, 2.75) is 45.8 Å². The number of hydrogen-bond acceptors (Lipinski definition) is 4. The van der Waals surface area contributed by atoms with E-state index in [-0.39, 0.29) is 6.10 Å². The van der Waals surface area contributed by atoms with Crippen molar-refractivity contribution in [3.8, 4) is 5.75 Å². The largest absolute Gasteiger partial charge is 0.489 e. The highest BCUT2D eigenvalue weighted by Crippen LogP contribution is 2.31. The minimum absolute atomic E-state index is 0.174. The van der Waals surface area contributed by atoms with E-state index in [0.29, 0.717) is 12.0 Å². The van der Waals surface area contributed by atoms with Crippen LogP contribution < -0.4 is 10.1 Å². The van der Waals surface area contributed by atoms with Crippen LogP contribution in [0.2, 0.25) is 0 Å². The summed E-state index contributed by atoms with van der Waals surface area (Å²) in [6, 6.07) is 2.46. The standard InChI is InChI=1S/C16H26N2O2/c1-4-18-16(13-5-7-19-8-6-13)14-9-15(11-17-10-14)20-12(2)3/h9-13,16,18H,4-8H2,1-3H3. The van der Waals surface area contributed by atoms with Gasteiger partial charge in [-0.05, 0) is 50.8 Å². The van der Waals surface area contributed by atoms with Gasteiger partial charge in [-0.3, -0.25) is 4.98 Å². The SMILES string of the molecule is CCNC(c1cncc(OC(C)C)c1)C1CCOCC1. The Balaban J connectivity index is 2.15. The second-order valence-electron chi connectivity index (χ2n) is 5.61. The Morgan fingerprint density at radius 1 is 1.35 bits per heavy atom. The van der Waals surface area contributed by atoms with E-state index in [1.165, 1.54) is 5.56 Å². The quantitative estimate of drug-likeness (QED) is 0.869. The summed E-state index contributed by atoms with van der Waals surface area (Å²) in [5, 5.41) is 3.60. The molecule has 0 bridgehead atoms. The van der Waals surface area contributed by atoms with Crippen LogP contribution in [0.1, 0.15) is 45.2 Å². The van der Waals surface area contributed by atoms with Crippen molar-refractivity contribution in [2.24, 2.45) is 5.92 Å². The molecule has 2 heterocycles. The first kappa shape index (κ1) is 15.3. The van der Waals surface area contributed by atoms with E-state index < -0.39 is 0 Å². The number of hydrogen-bond donors (Lipinski definition) is 1. The van der Waals surface area contributed by atoms with Crippen LogP contribution in [0.4, 0.5) is 0 Å². The molecule has 0 spiro atoms. The van der Waals surface area contributed by atoms with Gasteiger partial charge >= 0.3 is 0 Å². The molecule has 1 fully saturated rings. The highest BCUT2D eigenvalue weighted by molar-refractivity contribution is 5.26. The van der Waals surface area contributed by atoms with Crippen LogP contribution in [0.5, 0.6) is 5.75 Å². The van der Waals surface area contributed by atoms with Crippen LogP contribution in [0, 0.1) is 5.92 Å². The average Bonchev–Trinajstić information content (AvgIpc) is 2.45. The summed E-state index contributed by atoms with van der Waals surface area (Å²) in [6.45, 7) is 8.90. The number of aromatic nitrogens is 1. The average molecular weight is 278 g/mol. The molecule has 4 nitrogen and oxygen atoms in total. The molecule has 1 saturated heterocycles. The first-order chi connectivity index (χ1) is 9.70. The number of nitrogens with one attached hydrogen (secondary N) is 1. The third kappa shape index (κ3) is 4.18. The summed E-state index contributed by atoms with van der Waals surface area (Å²) in [5.74, 6) is 1.47. The number of rotatable bonds is 6. The Morgan fingerprint density at radius 2 is 2.10 bits per heavy atom. The van der Waals surface area contributed by atoms with Crippen LogP contribution in [0.25, 0.3) is 0 Å². The van der Waals surface area contributed by atoms with Gasteiger partial charge in [0.1, 0.15) is 5.75 Å². The molecule has 1 N–H and O–H groups in total. The van der Waals surface area contributed by atoms with E-state index in [4.69, 9.17) is 9.47 Å². The second kappa shape index (κ2) is 7.60. The van der Waals surface area contributed by atoms with Crippen molar-refractivity contribution in [1.82, 2.24) is 10.3 Å². The molecule has 1 atom stereocenters. The van der Waals surface area contributed by atoms with Crippen molar-refractivity contribution in [2.75, 3.05) is 19.8 Å². The van der Waals surface area contributed by atoms with Crippen molar-refractivity contribution < 1.29 is 9.47 Å². The molecule has 1 aliphatic rings. The minimum atomic E-state index is 0.174. The maximum absolute atomic E-state index is 5.76. The zero-order valence-corrected chi connectivity index (χ0v) is 12.8. The third-order valence-electron chi connectivity index (χ3n) is 3.63. The van der Waals surface area contributed by atoms with E-state index in [9.17, 15) is 0 Å². The van der Waals surface area contributed by atoms with E-state index in [1.54, 1.807) is 6.20 Å². The molecule has 4 heteroatoms. The van der Waals surface area contributed by atoms with Crippen molar-refractivity contribution >= 4 is 0 Å². The normalized spacial score (nSPS) is 18.2. The molecular formula is C16H26N2O2. The molecule has 20 heavy (non-hydrogen) atoms. The van der Waals surface area contributed by atoms with Gasteiger partial charge in [-0.25, -0.2) is 0 Å². The Hall–Kier alpha value is -1.13. The first-order valence-electron chi connectivity index (χ1n) is 7.63. The molecule has 112 valence electrons. The smallest absolute Gasteiger partial charge is 0.138 e. The lowest BCUT2D eigenvalue weighted by Crippen LogP contribution is -2.32. The molecule has 0 amide bonds. The lowest BCUT2D eigenvalue weighted by molar-refractivity contribution is 0.0537. The van der Waals surface area contributed by atoms with E-state index in [0.717, 1.165) is 38.3 Å². The van der Waals surface area contributed by atoms with Crippen LogP contribution in [0.3, 0.4) is 0 Å². The van der Waals surface area contributed by atoms with Gasteiger partial charge in [-0.1, -0.05) is 6.92 Å². The fraction of sp³-hybridized carbons (Fsp3) is 0.688. The number of nitrogens with zero attached hydrogens (tertiary/aromatic N) is 1. The van der Waals surface area contributed by atoms with Gasteiger partial charge in [0.2, 0.25) is 0 Å². The maximum atomic E-state index is 5.76. The summed E-state index contributed by atoms with van der Waals surface area (Å²) >= 11 is 0. The van der Waals surface area contributed by atoms with Crippen LogP contribution >= 0.6 is 0 Å². The van der Waals surface area contributed by atoms with Gasteiger partial charge in [0.15, 0.2) is 0 Å². The third-order valence-corrected chi connectivity index (χ3v) is 3.63. The highest BCUT2D eigenvalue weighted by atomic mass is 16.5. The Bertz CT molecular complexity index is 403. The van der Waals surface area contributed by atoms with Gasteiger partial charge in [0.05, 0.1) is 12.3 Å². The molecule has 1 aromatic heterocycles. The molecular weight excluding hydrogens is 252 g/mol. The van der Waals surface area contributed by atoms with Crippen molar-refractivity contribution in [1.29, 1.82) is 0 Å². The summed E-state index contributed by atoms with van der Waals surface area (Å²) < 4.78 is 11.2. The van der Waals surface area contributed by atoms with E-state index >= 15 is 0 Å². The molecule has 0 saturated carbocycles. The fourth-order valence-corrected chi connectivity index (χ4v) is 2.77. The predicted molar refractivity (Wildman–Crippen MR) is 80.0 cm³/mol. The monoisotopic (exact) mass is 278 g/mol. The van der Waals surface area contributed by atoms with E-state index in [2.05, 4.69) is 23.3 Å². The lowest BCUT2D eigenvalue weighted by Gasteiger charge is -2.31. The van der Waals surface area contributed by atoms with Crippen molar-refractivity contribution in [3.63, 3.8) is 0 Å². The Kier molecular flexibility index (Phi) is 5.80. The Morgan fingerprint density at radius 3 is 2.75 bits per heavy atom. The van der Waals surface area contributed by atoms with Gasteiger partial charge < -0.3 is 14.8 Å². The number of ether oxygens (including phenoxy) is 2. The van der Waals surface area contributed by atoms with E-state index in [1.807, 2.05) is 20.0 Å². The lowest BCUT2D eigenvalue weighted by atomic mass is 9.87. The first-order valence-corrected chi connectivity index (χ1v) is 7.63.